The lowest BCUT2D eigenvalue weighted by molar-refractivity contribution is 0.0338. The summed E-state index contributed by atoms with van der Waals surface area (Å²) in [4.78, 5) is 6.35. The molecule has 0 radical (unpaired) electrons. The second kappa shape index (κ2) is 4.92. The van der Waals surface area contributed by atoms with Crippen LogP contribution in [0.1, 0.15) is 5.56 Å². The van der Waals surface area contributed by atoms with Crippen LogP contribution in [-0.4, -0.2) is 41.3 Å². The molecule has 1 aromatic rings. The molecule has 0 atom stereocenters. The summed E-state index contributed by atoms with van der Waals surface area (Å²) in [5.41, 5.74) is 0.861. The first-order valence-corrected chi connectivity index (χ1v) is 5.68. The number of morpholine rings is 1. The Balaban J connectivity index is 2.03. The van der Waals surface area contributed by atoms with Crippen molar-refractivity contribution in [2.75, 3.05) is 26.3 Å². The molecule has 2 heterocycles. The monoisotopic (exact) mass is 272 g/mol. The van der Waals surface area contributed by atoms with Crippen LogP contribution in [0, 0.1) is 0 Å². The minimum Gasteiger partial charge on any atom is -0.507 e. The standard InChI is InChI=1S/C10H13BrN2O2/c11-10-5-9(14)8(6-12-10)7-13-1-3-15-4-2-13/h5-6H,1-4,7H2,(H,12,14). The average Bonchev–Trinajstić information content (AvgIpc) is 2.24. The van der Waals surface area contributed by atoms with Gasteiger partial charge in [-0.3, -0.25) is 4.90 Å². The van der Waals surface area contributed by atoms with Crippen LogP contribution in [0.15, 0.2) is 16.9 Å². The Morgan fingerprint density at radius 1 is 1.47 bits per heavy atom. The third-order valence-corrected chi connectivity index (χ3v) is 2.86. The molecule has 2 rings (SSSR count). The van der Waals surface area contributed by atoms with Crippen molar-refractivity contribution in [3.05, 3.63) is 22.4 Å². The van der Waals surface area contributed by atoms with Crippen LogP contribution in [0.3, 0.4) is 0 Å². The van der Waals surface area contributed by atoms with Gasteiger partial charge in [-0.25, -0.2) is 4.98 Å². The van der Waals surface area contributed by atoms with E-state index in [-0.39, 0.29) is 0 Å². The maximum absolute atomic E-state index is 9.69. The summed E-state index contributed by atoms with van der Waals surface area (Å²) < 4.78 is 5.92. The van der Waals surface area contributed by atoms with E-state index in [1.54, 1.807) is 12.3 Å². The first-order chi connectivity index (χ1) is 7.25. The van der Waals surface area contributed by atoms with Gasteiger partial charge in [-0.2, -0.15) is 0 Å². The van der Waals surface area contributed by atoms with Crippen LogP contribution >= 0.6 is 15.9 Å². The molecule has 1 N–H and O–H groups in total. The molecular formula is C10H13BrN2O2. The van der Waals surface area contributed by atoms with Gasteiger partial charge in [-0.15, -0.1) is 0 Å². The highest BCUT2D eigenvalue weighted by Crippen LogP contribution is 2.21. The molecule has 1 aromatic heterocycles. The smallest absolute Gasteiger partial charge is 0.124 e. The zero-order chi connectivity index (χ0) is 10.7. The van der Waals surface area contributed by atoms with Crippen molar-refractivity contribution in [2.24, 2.45) is 0 Å². The summed E-state index contributed by atoms with van der Waals surface area (Å²) in [5.74, 6) is 0.295. The number of rotatable bonds is 2. The highest BCUT2D eigenvalue weighted by molar-refractivity contribution is 9.10. The Kier molecular flexibility index (Phi) is 3.56. The molecule has 0 aromatic carbocycles. The van der Waals surface area contributed by atoms with Gasteiger partial charge >= 0.3 is 0 Å². The fourth-order valence-corrected chi connectivity index (χ4v) is 1.89. The van der Waals surface area contributed by atoms with Gasteiger partial charge in [0, 0.05) is 37.5 Å². The molecule has 1 saturated heterocycles. The van der Waals surface area contributed by atoms with Gasteiger partial charge in [-0.1, -0.05) is 0 Å². The van der Waals surface area contributed by atoms with Crippen molar-refractivity contribution >= 4 is 15.9 Å². The van der Waals surface area contributed by atoms with E-state index < -0.39 is 0 Å². The molecule has 0 saturated carbocycles. The minimum atomic E-state index is 0.295. The van der Waals surface area contributed by atoms with E-state index >= 15 is 0 Å². The first-order valence-electron chi connectivity index (χ1n) is 4.89. The van der Waals surface area contributed by atoms with Gasteiger partial charge in [-0.05, 0) is 15.9 Å². The summed E-state index contributed by atoms with van der Waals surface area (Å²) in [6.07, 6.45) is 1.70. The van der Waals surface area contributed by atoms with Crippen molar-refractivity contribution in [3.8, 4) is 5.75 Å². The highest BCUT2D eigenvalue weighted by Gasteiger charge is 2.12. The van der Waals surface area contributed by atoms with Crippen molar-refractivity contribution < 1.29 is 9.84 Å². The van der Waals surface area contributed by atoms with E-state index in [9.17, 15) is 5.11 Å². The summed E-state index contributed by atoms with van der Waals surface area (Å²) in [6.45, 7) is 4.09. The normalized spacial score (nSPS) is 17.9. The van der Waals surface area contributed by atoms with Gasteiger partial charge in [0.25, 0.3) is 0 Å². The summed E-state index contributed by atoms with van der Waals surface area (Å²) in [5, 5.41) is 9.69. The molecule has 1 aliphatic rings. The maximum Gasteiger partial charge on any atom is 0.124 e. The van der Waals surface area contributed by atoms with Crippen LogP contribution in [0.5, 0.6) is 5.75 Å². The number of halogens is 1. The molecule has 0 bridgehead atoms. The zero-order valence-electron chi connectivity index (χ0n) is 8.32. The zero-order valence-corrected chi connectivity index (χ0v) is 9.90. The average molecular weight is 273 g/mol. The molecule has 0 amide bonds. The lowest BCUT2D eigenvalue weighted by Crippen LogP contribution is -2.35. The van der Waals surface area contributed by atoms with Crippen molar-refractivity contribution in [2.45, 2.75) is 6.54 Å². The Morgan fingerprint density at radius 3 is 2.87 bits per heavy atom. The van der Waals surface area contributed by atoms with Crippen molar-refractivity contribution in [1.82, 2.24) is 9.88 Å². The molecule has 0 spiro atoms. The number of pyridine rings is 1. The summed E-state index contributed by atoms with van der Waals surface area (Å²) >= 11 is 3.22. The molecule has 5 heteroatoms. The molecule has 0 unspecified atom stereocenters. The highest BCUT2D eigenvalue weighted by atomic mass is 79.9. The van der Waals surface area contributed by atoms with E-state index in [0.717, 1.165) is 38.4 Å². The van der Waals surface area contributed by atoms with Gasteiger partial charge in [0.05, 0.1) is 13.2 Å². The van der Waals surface area contributed by atoms with Crippen LogP contribution in [0.2, 0.25) is 0 Å². The lowest BCUT2D eigenvalue weighted by Gasteiger charge is -2.26. The predicted molar refractivity (Wildman–Crippen MR) is 59.7 cm³/mol. The van der Waals surface area contributed by atoms with E-state index in [1.807, 2.05) is 0 Å². The van der Waals surface area contributed by atoms with Gasteiger partial charge < -0.3 is 9.84 Å². The summed E-state index contributed by atoms with van der Waals surface area (Å²) in [7, 11) is 0. The van der Waals surface area contributed by atoms with Gasteiger partial charge in [0.2, 0.25) is 0 Å². The van der Waals surface area contributed by atoms with Crippen molar-refractivity contribution in [1.29, 1.82) is 0 Å². The Bertz CT molecular complexity index is 340. The third-order valence-electron chi connectivity index (χ3n) is 2.43. The topological polar surface area (TPSA) is 45.6 Å². The fourth-order valence-electron chi connectivity index (χ4n) is 1.57. The van der Waals surface area contributed by atoms with E-state index in [0.29, 0.717) is 10.4 Å². The quantitative estimate of drug-likeness (QED) is 0.827. The second-order valence-corrected chi connectivity index (χ2v) is 4.34. The third kappa shape index (κ3) is 2.90. The summed E-state index contributed by atoms with van der Waals surface area (Å²) in [6, 6.07) is 1.62. The van der Waals surface area contributed by atoms with Crippen LogP contribution in [0.4, 0.5) is 0 Å². The van der Waals surface area contributed by atoms with E-state index in [4.69, 9.17) is 4.74 Å². The van der Waals surface area contributed by atoms with Crippen molar-refractivity contribution in [3.63, 3.8) is 0 Å². The molecule has 0 aliphatic carbocycles. The van der Waals surface area contributed by atoms with Crippen LogP contribution < -0.4 is 0 Å². The molecular weight excluding hydrogens is 260 g/mol. The number of aromatic hydroxyl groups is 1. The van der Waals surface area contributed by atoms with Gasteiger partial charge in [0.1, 0.15) is 10.4 Å². The van der Waals surface area contributed by atoms with Crippen LogP contribution in [0.25, 0.3) is 0 Å². The van der Waals surface area contributed by atoms with E-state index in [1.165, 1.54) is 0 Å². The molecule has 82 valence electrons. The Morgan fingerprint density at radius 2 is 2.20 bits per heavy atom. The Hall–Kier alpha value is -0.650. The van der Waals surface area contributed by atoms with Crippen LogP contribution in [-0.2, 0) is 11.3 Å². The molecule has 1 aliphatic heterocycles. The molecule has 15 heavy (non-hydrogen) atoms. The number of nitrogens with zero attached hydrogens (tertiary/aromatic N) is 2. The second-order valence-electron chi connectivity index (χ2n) is 3.52. The fraction of sp³-hybridized carbons (Fsp3) is 0.500. The molecule has 1 fully saturated rings. The number of ether oxygens (including phenoxy) is 1. The maximum atomic E-state index is 9.69. The van der Waals surface area contributed by atoms with E-state index in [2.05, 4.69) is 25.8 Å². The minimum absolute atomic E-state index is 0.295. The molecule has 4 nitrogen and oxygen atoms in total. The number of hydrogen-bond donors (Lipinski definition) is 1. The predicted octanol–water partition coefficient (Wildman–Crippen LogP) is 1.38. The Labute approximate surface area is 97.0 Å². The SMILES string of the molecule is Oc1cc(Br)ncc1CN1CCOCC1. The lowest BCUT2D eigenvalue weighted by atomic mass is 10.2. The van der Waals surface area contributed by atoms with Gasteiger partial charge in [0.15, 0.2) is 0 Å². The number of hydrogen-bond acceptors (Lipinski definition) is 4. The number of aromatic nitrogens is 1. The first kappa shape index (κ1) is 10.9. The largest absolute Gasteiger partial charge is 0.507 e.